The van der Waals surface area contributed by atoms with Crippen LogP contribution in [0.2, 0.25) is 0 Å². The highest BCUT2D eigenvalue weighted by atomic mass is 16.3. The molecule has 1 aromatic carbocycles. The molecule has 0 aliphatic rings. The van der Waals surface area contributed by atoms with E-state index < -0.39 is 6.10 Å². The summed E-state index contributed by atoms with van der Waals surface area (Å²) in [7, 11) is 0. The normalized spacial score (nSPS) is 12.8. The van der Waals surface area contributed by atoms with Crippen LogP contribution in [-0.4, -0.2) is 5.11 Å². The molecule has 0 spiro atoms. The van der Waals surface area contributed by atoms with Gasteiger partial charge in [0.1, 0.15) is 11.9 Å². The Balaban J connectivity index is 2.33. The van der Waals surface area contributed by atoms with Crippen molar-refractivity contribution in [1.82, 2.24) is 0 Å². The second kappa shape index (κ2) is 4.14. The minimum absolute atomic E-state index is 0.600. The maximum Gasteiger partial charge on any atom is 0.107 e. The smallest absolute Gasteiger partial charge is 0.107 e. The molecule has 84 valence electrons. The SMILES string of the molecule is Cc1cc(C(O)c2ccc(C)c(C)c2)co1. The van der Waals surface area contributed by atoms with Crippen LogP contribution in [0.1, 0.15) is 34.1 Å². The molecule has 2 rings (SSSR count). The lowest BCUT2D eigenvalue weighted by molar-refractivity contribution is 0.219. The van der Waals surface area contributed by atoms with Gasteiger partial charge in [0.2, 0.25) is 0 Å². The lowest BCUT2D eigenvalue weighted by atomic mass is 9.99. The van der Waals surface area contributed by atoms with E-state index in [1.807, 2.05) is 38.1 Å². The Labute approximate surface area is 95.5 Å². The Kier molecular flexibility index (Phi) is 2.84. The zero-order valence-corrected chi connectivity index (χ0v) is 9.82. The molecule has 1 heterocycles. The maximum absolute atomic E-state index is 10.2. The van der Waals surface area contributed by atoms with Crippen molar-refractivity contribution >= 4 is 0 Å². The molecule has 1 aromatic heterocycles. The van der Waals surface area contributed by atoms with Gasteiger partial charge < -0.3 is 9.52 Å². The fraction of sp³-hybridized carbons (Fsp3) is 0.286. The van der Waals surface area contributed by atoms with E-state index in [9.17, 15) is 5.11 Å². The van der Waals surface area contributed by atoms with E-state index in [2.05, 4.69) is 6.92 Å². The minimum atomic E-state index is -0.600. The van der Waals surface area contributed by atoms with Crippen LogP contribution in [0.5, 0.6) is 0 Å². The minimum Gasteiger partial charge on any atom is -0.469 e. The molecule has 1 N–H and O–H groups in total. The van der Waals surface area contributed by atoms with Gasteiger partial charge in [0.15, 0.2) is 0 Å². The molecule has 0 saturated carbocycles. The van der Waals surface area contributed by atoms with Gasteiger partial charge in [-0.3, -0.25) is 0 Å². The summed E-state index contributed by atoms with van der Waals surface area (Å²) >= 11 is 0. The van der Waals surface area contributed by atoms with Crippen LogP contribution in [0.3, 0.4) is 0 Å². The summed E-state index contributed by atoms with van der Waals surface area (Å²) in [4.78, 5) is 0. The second-order valence-corrected chi connectivity index (χ2v) is 4.24. The number of furan rings is 1. The predicted octanol–water partition coefficient (Wildman–Crippen LogP) is 3.29. The highest BCUT2D eigenvalue weighted by Gasteiger charge is 2.13. The van der Waals surface area contributed by atoms with Crippen LogP contribution < -0.4 is 0 Å². The Bertz CT molecular complexity index is 497. The van der Waals surface area contributed by atoms with Crippen molar-refractivity contribution in [2.45, 2.75) is 26.9 Å². The van der Waals surface area contributed by atoms with Crippen molar-refractivity contribution in [2.75, 3.05) is 0 Å². The van der Waals surface area contributed by atoms with E-state index >= 15 is 0 Å². The van der Waals surface area contributed by atoms with Gasteiger partial charge in [-0.05, 0) is 43.5 Å². The van der Waals surface area contributed by atoms with Crippen LogP contribution in [0, 0.1) is 20.8 Å². The monoisotopic (exact) mass is 216 g/mol. The average Bonchev–Trinajstić information content (AvgIpc) is 2.68. The summed E-state index contributed by atoms with van der Waals surface area (Å²) in [5, 5.41) is 10.2. The summed E-state index contributed by atoms with van der Waals surface area (Å²) in [6.07, 6.45) is 1.01. The molecular formula is C14H16O2. The lowest BCUT2D eigenvalue weighted by Crippen LogP contribution is -1.98. The first-order chi connectivity index (χ1) is 7.58. The van der Waals surface area contributed by atoms with Gasteiger partial charge in [-0.2, -0.15) is 0 Å². The van der Waals surface area contributed by atoms with Gasteiger partial charge in [0.25, 0.3) is 0 Å². The van der Waals surface area contributed by atoms with Gasteiger partial charge in [0.05, 0.1) is 6.26 Å². The van der Waals surface area contributed by atoms with Crippen molar-refractivity contribution in [3.8, 4) is 0 Å². The molecule has 16 heavy (non-hydrogen) atoms. The third-order valence-electron chi connectivity index (χ3n) is 2.91. The summed E-state index contributed by atoms with van der Waals surface area (Å²) in [5.41, 5.74) is 4.14. The van der Waals surface area contributed by atoms with E-state index in [1.54, 1.807) is 6.26 Å². The highest BCUT2D eigenvalue weighted by Crippen LogP contribution is 2.25. The Hall–Kier alpha value is -1.54. The third-order valence-corrected chi connectivity index (χ3v) is 2.91. The Morgan fingerprint density at radius 3 is 2.31 bits per heavy atom. The number of aryl methyl sites for hydroxylation is 3. The van der Waals surface area contributed by atoms with Crippen LogP contribution in [0.4, 0.5) is 0 Å². The summed E-state index contributed by atoms with van der Waals surface area (Å²) in [6, 6.07) is 7.86. The molecule has 0 saturated heterocycles. The van der Waals surface area contributed by atoms with Crippen molar-refractivity contribution in [1.29, 1.82) is 0 Å². The first-order valence-corrected chi connectivity index (χ1v) is 5.38. The standard InChI is InChI=1S/C14H16O2/c1-9-4-5-12(6-10(9)2)14(15)13-7-11(3)16-8-13/h4-8,14-15H,1-3H3. The van der Waals surface area contributed by atoms with E-state index in [-0.39, 0.29) is 0 Å². The molecule has 1 atom stereocenters. The molecule has 0 fully saturated rings. The number of aliphatic hydroxyl groups excluding tert-OH is 1. The zero-order valence-electron chi connectivity index (χ0n) is 9.82. The number of rotatable bonds is 2. The maximum atomic E-state index is 10.2. The van der Waals surface area contributed by atoms with Crippen LogP contribution in [-0.2, 0) is 0 Å². The Morgan fingerprint density at radius 2 is 1.75 bits per heavy atom. The summed E-state index contributed by atoms with van der Waals surface area (Å²) < 4.78 is 5.20. The average molecular weight is 216 g/mol. The Morgan fingerprint density at radius 1 is 1.00 bits per heavy atom. The van der Waals surface area contributed by atoms with Crippen molar-refractivity contribution < 1.29 is 9.52 Å². The molecule has 2 aromatic rings. The highest BCUT2D eigenvalue weighted by molar-refractivity contribution is 5.35. The fourth-order valence-corrected chi connectivity index (χ4v) is 1.73. The largest absolute Gasteiger partial charge is 0.469 e. The van der Waals surface area contributed by atoms with E-state index in [0.29, 0.717) is 0 Å². The summed E-state index contributed by atoms with van der Waals surface area (Å²) in [5.74, 6) is 0.817. The van der Waals surface area contributed by atoms with E-state index in [1.165, 1.54) is 11.1 Å². The van der Waals surface area contributed by atoms with Crippen LogP contribution in [0.15, 0.2) is 34.9 Å². The van der Waals surface area contributed by atoms with Crippen molar-refractivity contribution in [2.24, 2.45) is 0 Å². The molecular weight excluding hydrogens is 200 g/mol. The molecule has 0 amide bonds. The lowest BCUT2D eigenvalue weighted by Gasteiger charge is -2.10. The molecule has 0 radical (unpaired) electrons. The van der Waals surface area contributed by atoms with Gasteiger partial charge >= 0.3 is 0 Å². The second-order valence-electron chi connectivity index (χ2n) is 4.24. The van der Waals surface area contributed by atoms with Gasteiger partial charge in [-0.15, -0.1) is 0 Å². The summed E-state index contributed by atoms with van der Waals surface area (Å²) in [6.45, 7) is 5.98. The van der Waals surface area contributed by atoms with Crippen LogP contribution >= 0.6 is 0 Å². The molecule has 1 unspecified atom stereocenters. The number of hydrogen-bond acceptors (Lipinski definition) is 2. The fourth-order valence-electron chi connectivity index (χ4n) is 1.73. The van der Waals surface area contributed by atoms with E-state index in [0.717, 1.165) is 16.9 Å². The zero-order chi connectivity index (χ0) is 11.7. The molecule has 2 heteroatoms. The molecule has 0 aliphatic heterocycles. The number of hydrogen-bond donors (Lipinski definition) is 1. The molecule has 0 bridgehead atoms. The predicted molar refractivity (Wildman–Crippen MR) is 63.4 cm³/mol. The first-order valence-electron chi connectivity index (χ1n) is 5.38. The number of benzene rings is 1. The van der Waals surface area contributed by atoms with Crippen molar-refractivity contribution in [3.05, 3.63) is 58.5 Å². The van der Waals surface area contributed by atoms with Gasteiger partial charge in [-0.25, -0.2) is 0 Å². The van der Waals surface area contributed by atoms with Gasteiger partial charge in [-0.1, -0.05) is 18.2 Å². The molecule has 0 aliphatic carbocycles. The van der Waals surface area contributed by atoms with Crippen LogP contribution in [0.25, 0.3) is 0 Å². The number of aliphatic hydroxyl groups is 1. The quantitative estimate of drug-likeness (QED) is 0.835. The first kappa shape index (κ1) is 11.0. The topological polar surface area (TPSA) is 33.4 Å². The third kappa shape index (κ3) is 2.02. The van der Waals surface area contributed by atoms with Crippen molar-refractivity contribution in [3.63, 3.8) is 0 Å². The van der Waals surface area contributed by atoms with Gasteiger partial charge in [0, 0.05) is 5.56 Å². The van der Waals surface area contributed by atoms with E-state index in [4.69, 9.17) is 4.42 Å². The molecule has 2 nitrogen and oxygen atoms in total.